The van der Waals surface area contributed by atoms with Crippen molar-refractivity contribution in [2.75, 3.05) is 5.32 Å². The van der Waals surface area contributed by atoms with Crippen LogP contribution in [0.25, 0.3) is 11.5 Å². The van der Waals surface area contributed by atoms with Crippen LogP contribution in [0, 0.1) is 6.92 Å². The number of nitrogens with one attached hydrogen (secondary N) is 1. The number of carbonyl (C=O) groups excluding carboxylic acids is 1. The first kappa shape index (κ1) is 15.4. The lowest BCUT2D eigenvalue weighted by Gasteiger charge is -1.99. The van der Waals surface area contributed by atoms with Crippen molar-refractivity contribution in [2.45, 2.75) is 26.7 Å². The molecule has 1 N–H and O–H groups in total. The molecular formula is C17H17N3O2S. The van der Waals surface area contributed by atoms with Gasteiger partial charge in [0.2, 0.25) is 5.89 Å². The summed E-state index contributed by atoms with van der Waals surface area (Å²) in [6.45, 7) is 5.86. The number of benzene rings is 1. The smallest absolute Gasteiger partial charge is 0.279 e. The molecule has 0 aliphatic rings. The van der Waals surface area contributed by atoms with E-state index in [9.17, 15) is 4.79 Å². The standard InChI is InChI=1S/C17H17N3O2S/c1-10(2)13-9-23-17(18-13)20-15(21)14-11(3)22-16(19-14)12-7-5-4-6-8-12/h4-10H,1-3H3,(H,18,20,21). The number of amides is 1. The molecule has 3 aromatic rings. The Bertz CT molecular complexity index is 821. The molecule has 2 aromatic heterocycles. The predicted octanol–water partition coefficient (Wildman–Crippen LogP) is 4.48. The summed E-state index contributed by atoms with van der Waals surface area (Å²) < 4.78 is 5.61. The lowest BCUT2D eigenvalue weighted by Crippen LogP contribution is -2.13. The highest BCUT2D eigenvalue weighted by Crippen LogP contribution is 2.24. The second-order valence-electron chi connectivity index (χ2n) is 5.48. The van der Waals surface area contributed by atoms with Crippen molar-refractivity contribution in [3.05, 3.63) is 52.9 Å². The third-order valence-corrected chi connectivity index (χ3v) is 4.14. The number of carbonyl (C=O) groups is 1. The number of hydrogen-bond donors (Lipinski definition) is 1. The second-order valence-corrected chi connectivity index (χ2v) is 6.33. The molecule has 0 fully saturated rings. The molecule has 23 heavy (non-hydrogen) atoms. The van der Waals surface area contributed by atoms with Crippen molar-refractivity contribution in [2.24, 2.45) is 0 Å². The van der Waals surface area contributed by atoms with Gasteiger partial charge in [0.15, 0.2) is 10.8 Å². The Kier molecular flexibility index (Phi) is 4.25. The summed E-state index contributed by atoms with van der Waals surface area (Å²) in [5.74, 6) is 0.950. The molecule has 0 bridgehead atoms. The van der Waals surface area contributed by atoms with Crippen LogP contribution in [0.5, 0.6) is 0 Å². The molecule has 1 amide bonds. The van der Waals surface area contributed by atoms with Crippen molar-refractivity contribution < 1.29 is 9.21 Å². The Morgan fingerprint density at radius 1 is 1.22 bits per heavy atom. The van der Waals surface area contributed by atoms with E-state index >= 15 is 0 Å². The number of aromatic nitrogens is 2. The largest absolute Gasteiger partial charge is 0.441 e. The number of oxazole rings is 1. The molecule has 118 valence electrons. The minimum atomic E-state index is -0.307. The Morgan fingerprint density at radius 3 is 2.61 bits per heavy atom. The van der Waals surface area contributed by atoms with Gasteiger partial charge in [-0.1, -0.05) is 32.0 Å². The molecule has 0 aliphatic heterocycles. The maximum absolute atomic E-state index is 12.4. The molecular weight excluding hydrogens is 310 g/mol. The average Bonchev–Trinajstić information content (AvgIpc) is 3.15. The molecule has 0 unspecified atom stereocenters. The van der Waals surface area contributed by atoms with Crippen LogP contribution in [0.4, 0.5) is 5.13 Å². The first-order valence-electron chi connectivity index (χ1n) is 7.34. The maximum atomic E-state index is 12.4. The number of anilines is 1. The fourth-order valence-electron chi connectivity index (χ4n) is 2.08. The molecule has 0 saturated heterocycles. The van der Waals surface area contributed by atoms with E-state index in [1.54, 1.807) is 6.92 Å². The first-order chi connectivity index (χ1) is 11.0. The SMILES string of the molecule is Cc1oc(-c2ccccc2)nc1C(=O)Nc1nc(C(C)C)cs1. The van der Waals surface area contributed by atoms with Gasteiger partial charge in [-0.15, -0.1) is 11.3 Å². The zero-order valence-electron chi connectivity index (χ0n) is 13.2. The van der Waals surface area contributed by atoms with Gasteiger partial charge in [-0.3, -0.25) is 10.1 Å². The van der Waals surface area contributed by atoms with Gasteiger partial charge in [-0.2, -0.15) is 0 Å². The number of rotatable bonds is 4. The molecule has 1 aromatic carbocycles. The van der Waals surface area contributed by atoms with Crippen molar-refractivity contribution >= 4 is 22.4 Å². The summed E-state index contributed by atoms with van der Waals surface area (Å²) in [6.07, 6.45) is 0. The fourth-order valence-corrected chi connectivity index (χ4v) is 2.94. The van der Waals surface area contributed by atoms with Gasteiger partial charge < -0.3 is 4.42 Å². The molecule has 0 aliphatic carbocycles. The third kappa shape index (κ3) is 3.32. The van der Waals surface area contributed by atoms with Gasteiger partial charge in [0.1, 0.15) is 5.76 Å². The highest BCUT2D eigenvalue weighted by atomic mass is 32.1. The summed E-state index contributed by atoms with van der Waals surface area (Å²) in [5.41, 5.74) is 2.09. The monoisotopic (exact) mass is 327 g/mol. The van der Waals surface area contributed by atoms with Crippen LogP contribution in [0.3, 0.4) is 0 Å². The van der Waals surface area contributed by atoms with E-state index in [2.05, 4.69) is 29.1 Å². The van der Waals surface area contributed by atoms with Crippen molar-refractivity contribution in [1.29, 1.82) is 0 Å². The lowest BCUT2D eigenvalue weighted by molar-refractivity contribution is 0.102. The van der Waals surface area contributed by atoms with Crippen LogP contribution in [-0.2, 0) is 0 Å². The molecule has 0 atom stereocenters. The zero-order chi connectivity index (χ0) is 16.4. The minimum absolute atomic E-state index is 0.283. The van der Waals surface area contributed by atoms with Crippen LogP contribution >= 0.6 is 11.3 Å². The van der Waals surface area contributed by atoms with E-state index in [4.69, 9.17) is 4.42 Å². The summed E-state index contributed by atoms with van der Waals surface area (Å²) in [5, 5.41) is 5.31. The van der Waals surface area contributed by atoms with Gasteiger partial charge in [0, 0.05) is 10.9 Å². The highest BCUT2D eigenvalue weighted by molar-refractivity contribution is 7.14. The summed E-state index contributed by atoms with van der Waals surface area (Å²) in [4.78, 5) is 21.1. The predicted molar refractivity (Wildman–Crippen MR) is 90.8 cm³/mol. The Balaban J connectivity index is 1.81. The van der Waals surface area contributed by atoms with Crippen LogP contribution in [-0.4, -0.2) is 15.9 Å². The number of thiazole rings is 1. The highest BCUT2D eigenvalue weighted by Gasteiger charge is 2.19. The van der Waals surface area contributed by atoms with Crippen molar-refractivity contribution in [3.63, 3.8) is 0 Å². The Hall–Kier alpha value is -2.47. The van der Waals surface area contributed by atoms with Crippen LogP contribution in [0.1, 0.15) is 41.7 Å². The molecule has 0 radical (unpaired) electrons. The first-order valence-corrected chi connectivity index (χ1v) is 8.22. The number of nitrogens with zero attached hydrogens (tertiary/aromatic N) is 2. The van der Waals surface area contributed by atoms with E-state index in [-0.39, 0.29) is 11.6 Å². The average molecular weight is 327 g/mol. The van der Waals surface area contributed by atoms with Gasteiger partial charge in [-0.25, -0.2) is 9.97 Å². The van der Waals surface area contributed by atoms with Crippen molar-refractivity contribution in [3.8, 4) is 11.5 Å². The third-order valence-electron chi connectivity index (χ3n) is 3.37. The van der Waals surface area contributed by atoms with Crippen LogP contribution < -0.4 is 5.32 Å². The van der Waals surface area contributed by atoms with E-state index < -0.39 is 0 Å². The van der Waals surface area contributed by atoms with E-state index in [1.807, 2.05) is 35.7 Å². The van der Waals surface area contributed by atoms with Gasteiger partial charge in [0.05, 0.1) is 5.69 Å². The van der Waals surface area contributed by atoms with Crippen molar-refractivity contribution in [1.82, 2.24) is 9.97 Å². The molecule has 0 saturated carbocycles. The number of aryl methyl sites for hydroxylation is 1. The fraction of sp³-hybridized carbons (Fsp3) is 0.235. The topological polar surface area (TPSA) is 68.0 Å². The van der Waals surface area contributed by atoms with Gasteiger partial charge >= 0.3 is 0 Å². The normalized spacial score (nSPS) is 11.0. The Morgan fingerprint density at radius 2 is 1.96 bits per heavy atom. The minimum Gasteiger partial charge on any atom is -0.441 e. The van der Waals surface area contributed by atoms with Crippen LogP contribution in [0.2, 0.25) is 0 Å². The quantitative estimate of drug-likeness (QED) is 0.767. The molecule has 0 spiro atoms. The van der Waals surface area contributed by atoms with E-state index in [1.165, 1.54) is 11.3 Å². The van der Waals surface area contributed by atoms with E-state index in [0.29, 0.717) is 22.7 Å². The summed E-state index contributed by atoms with van der Waals surface area (Å²) in [6, 6.07) is 9.50. The van der Waals surface area contributed by atoms with Gasteiger partial charge in [0.25, 0.3) is 5.91 Å². The van der Waals surface area contributed by atoms with Gasteiger partial charge in [-0.05, 0) is 25.0 Å². The maximum Gasteiger partial charge on any atom is 0.279 e. The molecule has 6 heteroatoms. The molecule has 3 rings (SSSR count). The Labute approximate surface area is 138 Å². The zero-order valence-corrected chi connectivity index (χ0v) is 14.0. The second kappa shape index (κ2) is 6.34. The lowest BCUT2D eigenvalue weighted by atomic mass is 10.2. The molecule has 2 heterocycles. The summed E-state index contributed by atoms with van der Waals surface area (Å²) >= 11 is 1.41. The summed E-state index contributed by atoms with van der Waals surface area (Å²) in [7, 11) is 0. The number of hydrogen-bond acceptors (Lipinski definition) is 5. The van der Waals surface area contributed by atoms with E-state index in [0.717, 1.165) is 11.3 Å². The van der Waals surface area contributed by atoms with Crippen LogP contribution in [0.15, 0.2) is 40.1 Å². The molecule has 5 nitrogen and oxygen atoms in total.